The van der Waals surface area contributed by atoms with Crippen LogP contribution in [0.1, 0.15) is 39.0 Å². The highest BCUT2D eigenvalue weighted by Crippen LogP contribution is 2.28. The molecule has 1 aliphatic rings. The van der Waals surface area contributed by atoms with Crippen LogP contribution in [0.5, 0.6) is 0 Å². The van der Waals surface area contributed by atoms with Crippen LogP contribution in [0.25, 0.3) is 0 Å². The van der Waals surface area contributed by atoms with Gasteiger partial charge in [-0.25, -0.2) is 0 Å². The molecule has 0 spiro atoms. The Labute approximate surface area is 95.4 Å². The Balaban J connectivity index is 2.18. The van der Waals surface area contributed by atoms with E-state index in [0.29, 0.717) is 24.1 Å². The first kappa shape index (κ1) is 12.6. The van der Waals surface area contributed by atoms with Crippen molar-refractivity contribution in [2.45, 2.75) is 50.3 Å². The number of ketones is 1. The minimum absolute atomic E-state index is 0.0250. The highest BCUT2D eigenvalue weighted by Gasteiger charge is 2.24. The molecule has 86 valence electrons. The predicted molar refractivity (Wildman–Crippen MR) is 63.0 cm³/mol. The molecule has 0 aliphatic heterocycles. The molecular weight excluding hydrogens is 210 g/mol. The summed E-state index contributed by atoms with van der Waals surface area (Å²) >= 11 is 1.88. The van der Waals surface area contributed by atoms with Crippen LogP contribution in [-0.4, -0.2) is 29.2 Å². The number of Topliss-reactive ketones (excluding diaryl/α,β-unsaturated/α-hetero) is 1. The molecule has 3 nitrogen and oxygen atoms in total. The molecule has 15 heavy (non-hydrogen) atoms. The van der Waals surface area contributed by atoms with Crippen LogP contribution in [0.15, 0.2) is 0 Å². The molecule has 0 heterocycles. The molecule has 0 aromatic heterocycles. The maximum Gasteiger partial charge on any atom is 0.220 e. The van der Waals surface area contributed by atoms with Gasteiger partial charge in [-0.15, -0.1) is 0 Å². The number of nitrogens with one attached hydrogen (secondary N) is 1. The molecular formula is C11H19NO2S. The third kappa shape index (κ3) is 4.69. The van der Waals surface area contributed by atoms with Crippen molar-refractivity contribution in [2.75, 3.05) is 6.26 Å². The fraction of sp³-hybridized carbons (Fsp3) is 0.818. The SMILES string of the molecule is CSC1CCC(NC(=O)CCC(C)=O)C1. The summed E-state index contributed by atoms with van der Waals surface area (Å²) in [7, 11) is 0. The van der Waals surface area contributed by atoms with Gasteiger partial charge in [-0.05, 0) is 32.4 Å². The van der Waals surface area contributed by atoms with Crippen molar-refractivity contribution in [1.82, 2.24) is 5.32 Å². The number of hydrogen-bond donors (Lipinski definition) is 1. The van der Waals surface area contributed by atoms with Crippen molar-refractivity contribution in [2.24, 2.45) is 0 Å². The molecule has 1 N–H and O–H groups in total. The Kier molecular flexibility index (Phi) is 5.15. The number of hydrogen-bond acceptors (Lipinski definition) is 3. The lowest BCUT2D eigenvalue weighted by atomic mass is 10.2. The van der Waals surface area contributed by atoms with E-state index in [9.17, 15) is 9.59 Å². The van der Waals surface area contributed by atoms with Crippen LogP contribution in [-0.2, 0) is 9.59 Å². The van der Waals surface area contributed by atoms with Gasteiger partial charge in [0.15, 0.2) is 0 Å². The number of thioether (sulfide) groups is 1. The van der Waals surface area contributed by atoms with Crippen LogP contribution in [0.2, 0.25) is 0 Å². The zero-order valence-electron chi connectivity index (χ0n) is 9.41. The molecule has 1 fully saturated rings. The number of rotatable bonds is 5. The maximum absolute atomic E-state index is 11.4. The second-order valence-electron chi connectivity index (χ2n) is 4.14. The summed E-state index contributed by atoms with van der Waals surface area (Å²) in [6, 6.07) is 0.335. The topological polar surface area (TPSA) is 46.2 Å². The molecule has 2 unspecified atom stereocenters. The Morgan fingerprint density at radius 2 is 2.07 bits per heavy atom. The average molecular weight is 229 g/mol. The van der Waals surface area contributed by atoms with E-state index in [2.05, 4.69) is 11.6 Å². The Hall–Kier alpha value is -0.510. The van der Waals surface area contributed by atoms with Crippen molar-refractivity contribution in [3.05, 3.63) is 0 Å². The van der Waals surface area contributed by atoms with Gasteiger partial charge in [0, 0.05) is 24.1 Å². The van der Waals surface area contributed by atoms with Gasteiger partial charge in [0.05, 0.1) is 0 Å². The highest BCUT2D eigenvalue weighted by atomic mass is 32.2. The molecule has 2 atom stereocenters. The van der Waals surface area contributed by atoms with E-state index in [1.54, 1.807) is 0 Å². The van der Waals surface area contributed by atoms with E-state index >= 15 is 0 Å². The Morgan fingerprint density at radius 1 is 1.33 bits per heavy atom. The molecule has 0 aromatic rings. The summed E-state index contributed by atoms with van der Waals surface area (Å²) in [5, 5.41) is 3.69. The third-order valence-electron chi connectivity index (χ3n) is 2.79. The predicted octanol–water partition coefficient (Wildman–Crippen LogP) is 1.76. The summed E-state index contributed by atoms with van der Waals surface area (Å²) in [6.07, 6.45) is 6.17. The zero-order valence-corrected chi connectivity index (χ0v) is 10.2. The third-order valence-corrected chi connectivity index (χ3v) is 3.88. The van der Waals surface area contributed by atoms with Crippen molar-refractivity contribution >= 4 is 23.5 Å². The van der Waals surface area contributed by atoms with Gasteiger partial charge in [-0.1, -0.05) is 0 Å². The standard InChI is InChI=1S/C11H19NO2S/c1-8(13)3-6-11(14)12-9-4-5-10(7-9)15-2/h9-10H,3-7H2,1-2H3,(H,12,14). The van der Waals surface area contributed by atoms with Crippen molar-refractivity contribution in [1.29, 1.82) is 0 Å². The molecule has 1 aliphatic carbocycles. The molecule has 0 bridgehead atoms. The van der Waals surface area contributed by atoms with E-state index in [0.717, 1.165) is 12.8 Å². The molecule has 1 rings (SSSR count). The second-order valence-corrected chi connectivity index (χ2v) is 5.28. The fourth-order valence-electron chi connectivity index (χ4n) is 1.87. The first-order valence-corrected chi connectivity index (χ1v) is 6.72. The normalized spacial score (nSPS) is 25.2. The van der Waals surface area contributed by atoms with E-state index in [1.807, 2.05) is 11.8 Å². The monoisotopic (exact) mass is 229 g/mol. The first-order chi connectivity index (χ1) is 7.11. The smallest absolute Gasteiger partial charge is 0.220 e. The molecule has 0 saturated heterocycles. The van der Waals surface area contributed by atoms with Crippen LogP contribution >= 0.6 is 11.8 Å². The van der Waals surface area contributed by atoms with Crippen molar-refractivity contribution in [3.8, 4) is 0 Å². The summed E-state index contributed by atoms with van der Waals surface area (Å²) in [5.41, 5.74) is 0. The Bertz CT molecular complexity index is 243. The maximum atomic E-state index is 11.4. The first-order valence-electron chi connectivity index (χ1n) is 5.43. The van der Waals surface area contributed by atoms with Gasteiger partial charge in [0.2, 0.25) is 5.91 Å². The minimum Gasteiger partial charge on any atom is -0.353 e. The lowest BCUT2D eigenvalue weighted by Crippen LogP contribution is -2.33. The van der Waals surface area contributed by atoms with E-state index in [4.69, 9.17) is 0 Å². The zero-order chi connectivity index (χ0) is 11.3. The summed E-state index contributed by atoms with van der Waals surface area (Å²) in [6.45, 7) is 1.52. The lowest BCUT2D eigenvalue weighted by Gasteiger charge is -2.12. The highest BCUT2D eigenvalue weighted by molar-refractivity contribution is 7.99. The van der Waals surface area contributed by atoms with Gasteiger partial charge in [0.1, 0.15) is 5.78 Å². The summed E-state index contributed by atoms with van der Waals surface area (Å²) in [4.78, 5) is 22.1. The fourth-order valence-corrected chi connectivity index (χ4v) is 2.67. The lowest BCUT2D eigenvalue weighted by molar-refractivity contribution is -0.125. The van der Waals surface area contributed by atoms with Gasteiger partial charge in [-0.3, -0.25) is 4.79 Å². The van der Waals surface area contributed by atoms with E-state index < -0.39 is 0 Å². The van der Waals surface area contributed by atoms with Gasteiger partial charge in [-0.2, -0.15) is 11.8 Å². The van der Waals surface area contributed by atoms with Crippen molar-refractivity contribution in [3.63, 3.8) is 0 Å². The largest absolute Gasteiger partial charge is 0.353 e. The average Bonchev–Trinajstić information content (AvgIpc) is 2.62. The van der Waals surface area contributed by atoms with Crippen LogP contribution in [0.4, 0.5) is 0 Å². The van der Waals surface area contributed by atoms with E-state index in [-0.39, 0.29) is 11.7 Å². The summed E-state index contributed by atoms with van der Waals surface area (Å²) < 4.78 is 0. The van der Waals surface area contributed by atoms with Gasteiger partial charge in [0.25, 0.3) is 0 Å². The molecule has 4 heteroatoms. The van der Waals surface area contributed by atoms with Crippen LogP contribution in [0, 0.1) is 0 Å². The van der Waals surface area contributed by atoms with Gasteiger partial charge < -0.3 is 10.1 Å². The van der Waals surface area contributed by atoms with Gasteiger partial charge >= 0.3 is 0 Å². The van der Waals surface area contributed by atoms with Crippen LogP contribution < -0.4 is 5.32 Å². The number of carbonyl (C=O) groups excluding carboxylic acids is 2. The second kappa shape index (κ2) is 6.16. The summed E-state index contributed by atoms with van der Waals surface area (Å²) in [5.74, 6) is 0.107. The molecule has 0 aromatic carbocycles. The molecule has 0 radical (unpaired) electrons. The quantitative estimate of drug-likeness (QED) is 0.781. The number of carbonyl (C=O) groups is 2. The molecule has 1 amide bonds. The van der Waals surface area contributed by atoms with Crippen LogP contribution in [0.3, 0.4) is 0 Å². The molecule has 1 saturated carbocycles. The van der Waals surface area contributed by atoms with E-state index in [1.165, 1.54) is 13.3 Å². The Morgan fingerprint density at radius 3 is 2.60 bits per heavy atom. The minimum atomic E-state index is 0.0250. The van der Waals surface area contributed by atoms with Crippen molar-refractivity contribution < 1.29 is 9.59 Å². The number of amides is 1.